The molecular weight excluding hydrogens is 357 g/mol. The van der Waals surface area contributed by atoms with Gasteiger partial charge >= 0.3 is 6.18 Å². The number of carbonyl (C=O) groups excluding carboxylic acids is 1. The van der Waals surface area contributed by atoms with Gasteiger partial charge < -0.3 is 14.2 Å². The molecule has 2 aliphatic heterocycles. The highest BCUT2D eigenvalue weighted by atomic mass is 19.4. The monoisotopic (exact) mass is 374 g/mol. The molecule has 0 amide bonds. The van der Waals surface area contributed by atoms with Crippen molar-refractivity contribution in [1.82, 2.24) is 9.47 Å². The van der Waals surface area contributed by atoms with Crippen LogP contribution in [0.1, 0.15) is 29.2 Å². The Labute approximate surface area is 154 Å². The van der Waals surface area contributed by atoms with Crippen LogP contribution >= 0.6 is 0 Å². The van der Waals surface area contributed by atoms with E-state index >= 15 is 0 Å². The molecule has 0 aliphatic carbocycles. The predicted molar refractivity (Wildman–Crippen MR) is 93.1 cm³/mol. The first-order chi connectivity index (χ1) is 12.8. The lowest BCUT2D eigenvalue weighted by Gasteiger charge is -2.19. The molecule has 4 nitrogen and oxygen atoms in total. The molecule has 1 atom stereocenters. The van der Waals surface area contributed by atoms with Gasteiger partial charge in [0.1, 0.15) is 0 Å². The highest BCUT2D eigenvalue weighted by molar-refractivity contribution is 6.25. The van der Waals surface area contributed by atoms with E-state index in [0.29, 0.717) is 18.0 Å². The quantitative estimate of drug-likeness (QED) is 0.805. The van der Waals surface area contributed by atoms with Crippen LogP contribution in [0.3, 0.4) is 0 Å². The average molecular weight is 374 g/mol. The summed E-state index contributed by atoms with van der Waals surface area (Å²) < 4.78 is 47.2. The third-order valence-electron chi connectivity index (χ3n) is 4.65. The Kier molecular flexibility index (Phi) is 4.09. The maximum Gasteiger partial charge on any atom is 0.416 e. The van der Waals surface area contributed by atoms with Gasteiger partial charge in [-0.2, -0.15) is 13.2 Å². The van der Waals surface area contributed by atoms with Crippen LogP contribution in [-0.4, -0.2) is 21.8 Å². The van der Waals surface area contributed by atoms with Crippen molar-refractivity contribution in [2.45, 2.75) is 18.7 Å². The van der Waals surface area contributed by atoms with Crippen molar-refractivity contribution in [2.75, 3.05) is 6.54 Å². The van der Waals surface area contributed by atoms with Gasteiger partial charge in [0, 0.05) is 37.7 Å². The number of carbonyl (C=O) groups is 1. The number of halogens is 3. The summed E-state index contributed by atoms with van der Waals surface area (Å²) in [4.78, 5) is 14.9. The third-order valence-corrected chi connectivity index (χ3v) is 4.65. The average Bonchev–Trinajstić information content (AvgIpc) is 3.34. The number of rotatable bonds is 3. The van der Waals surface area contributed by atoms with E-state index in [1.165, 1.54) is 12.1 Å². The zero-order valence-electron chi connectivity index (χ0n) is 14.5. The van der Waals surface area contributed by atoms with E-state index in [1.54, 1.807) is 34.1 Å². The van der Waals surface area contributed by atoms with Crippen molar-refractivity contribution >= 4 is 11.4 Å². The van der Waals surface area contributed by atoms with Crippen molar-refractivity contribution in [3.8, 4) is 0 Å². The van der Waals surface area contributed by atoms with Crippen molar-refractivity contribution in [1.29, 1.82) is 0 Å². The van der Waals surface area contributed by atoms with Crippen LogP contribution < -0.4 is 0 Å². The summed E-state index contributed by atoms with van der Waals surface area (Å²) in [5, 5.41) is 0. The molecule has 140 valence electrons. The molecule has 27 heavy (non-hydrogen) atoms. The van der Waals surface area contributed by atoms with Crippen LogP contribution in [0.25, 0.3) is 5.57 Å². The van der Waals surface area contributed by atoms with Gasteiger partial charge in [-0.3, -0.25) is 4.79 Å². The molecule has 4 rings (SSSR count). The topological polar surface area (TPSA) is 34.5 Å². The second-order valence-corrected chi connectivity index (χ2v) is 6.60. The van der Waals surface area contributed by atoms with E-state index in [0.717, 1.165) is 18.6 Å². The second kappa shape index (κ2) is 6.33. The van der Waals surface area contributed by atoms with Gasteiger partial charge in [-0.15, -0.1) is 0 Å². The van der Waals surface area contributed by atoms with E-state index < -0.39 is 17.8 Å². The van der Waals surface area contributed by atoms with E-state index in [4.69, 9.17) is 4.74 Å². The van der Waals surface area contributed by atoms with E-state index in [2.05, 4.69) is 0 Å². The fraction of sp³-hybridized carbons (Fsp3) is 0.250. The standard InChI is InChI=1S/C20H17F3N2O2/c1-24-10-7-14(12-24)18-17(26)16(19(27-18)25-8-2-3-9-25)13-5-4-6-15(11-13)20(21,22)23/h2,4-8,10-12,18H,3,9H2,1H3. The van der Waals surface area contributed by atoms with Gasteiger partial charge in [0.2, 0.25) is 11.7 Å². The number of benzene rings is 1. The van der Waals surface area contributed by atoms with Gasteiger partial charge in [0.25, 0.3) is 0 Å². The summed E-state index contributed by atoms with van der Waals surface area (Å²) in [6, 6.07) is 6.60. The number of ketones is 1. The Balaban J connectivity index is 1.79. The van der Waals surface area contributed by atoms with Gasteiger partial charge in [0.05, 0.1) is 11.1 Å². The maximum atomic E-state index is 13.1. The molecule has 0 bridgehead atoms. The highest BCUT2D eigenvalue weighted by Crippen LogP contribution is 2.41. The molecule has 2 aromatic rings. The molecular formula is C20H17F3N2O2. The molecule has 0 N–H and O–H groups in total. The SMILES string of the molecule is Cn1ccc(C2OC(N3C=CCC3)=C(c3cccc(C(F)(F)F)c3)C2=O)c1. The largest absolute Gasteiger partial charge is 0.462 e. The van der Waals surface area contributed by atoms with Gasteiger partial charge in [0.15, 0.2) is 6.10 Å². The van der Waals surface area contributed by atoms with Crippen LogP contribution in [0.5, 0.6) is 0 Å². The third kappa shape index (κ3) is 3.13. The zero-order valence-corrected chi connectivity index (χ0v) is 14.5. The van der Waals surface area contributed by atoms with E-state index in [9.17, 15) is 18.0 Å². The lowest BCUT2D eigenvalue weighted by atomic mass is 9.96. The fourth-order valence-electron chi connectivity index (χ4n) is 3.35. The number of nitrogens with zero attached hydrogens (tertiary/aromatic N) is 2. The smallest absolute Gasteiger partial charge is 0.416 e. The van der Waals surface area contributed by atoms with Crippen LogP contribution in [-0.2, 0) is 22.8 Å². The van der Waals surface area contributed by atoms with Crippen molar-refractivity contribution in [3.63, 3.8) is 0 Å². The number of hydrogen-bond donors (Lipinski definition) is 0. The number of aromatic nitrogens is 1. The van der Waals surface area contributed by atoms with Gasteiger partial charge in [-0.1, -0.05) is 18.2 Å². The Hall–Kier alpha value is -2.96. The molecule has 0 spiro atoms. The lowest BCUT2D eigenvalue weighted by molar-refractivity contribution is -0.137. The normalized spacial score (nSPS) is 19.9. The van der Waals surface area contributed by atoms with Crippen LogP contribution in [0.4, 0.5) is 13.2 Å². The summed E-state index contributed by atoms with van der Waals surface area (Å²) >= 11 is 0. The minimum Gasteiger partial charge on any atom is -0.462 e. The van der Waals surface area contributed by atoms with Crippen LogP contribution in [0.15, 0.2) is 60.9 Å². The molecule has 7 heteroatoms. The molecule has 0 radical (unpaired) electrons. The Morgan fingerprint density at radius 3 is 2.67 bits per heavy atom. The first-order valence-corrected chi connectivity index (χ1v) is 8.52. The molecule has 3 heterocycles. The van der Waals surface area contributed by atoms with Gasteiger partial charge in [-0.05, 0) is 30.2 Å². The minimum absolute atomic E-state index is 0.182. The molecule has 0 saturated heterocycles. The van der Waals surface area contributed by atoms with Crippen molar-refractivity contribution in [2.24, 2.45) is 7.05 Å². The first-order valence-electron chi connectivity index (χ1n) is 8.52. The molecule has 0 saturated carbocycles. The number of aryl methyl sites for hydroxylation is 1. The Morgan fingerprint density at radius 1 is 1.22 bits per heavy atom. The van der Waals surface area contributed by atoms with Gasteiger partial charge in [-0.25, -0.2) is 0 Å². The molecule has 0 fully saturated rings. The lowest BCUT2D eigenvalue weighted by Crippen LogP contribution is -2.15. The molecule has 2 aliphatic rings. The Bertz CT molecular complexity index is 956. The summed E-state index contributed by atoms with van der Waals surface area (Å²) in [6.45, 7) is 0.618. The highest BCUT2D eigenvalue weighted by Gasteiger charge is 2.40. The summed E-state index contributed by atoms with van der Waals surface area (Å²) in [7, 11) is 1.83. The van der Waals surface area contributed by atoms with E-state index in [1.807, 2.05) is 13.1 Å². The molecule has 1 aromatic carbocycles. The maximum absolute atomic E-state index is 13.1. The number of alkyl halides is 3. The summed E-state index contributed by atoms with van der Waals surface area (Å²) in [5.41, 5.74) is 0.273. The predicted octanol–water partition coefficient (Wildman–Crippen LogP) is 4.27. The van der Waals surface area contributed by atoms with Crippen molar-refractivity contribution in [3.05, 3.63) is 77.6 Å². The van der Waals surface area contributed by atoms with Crippen LogP contribution in [0.2, 0.25) is 0 Å². The fourth-order valence-corrected chi connectivity index (χ4v) is 3.35. The number of Topliss-reactive ketones (excluding diaryl/α,β-unsaturated/α-hetero) is 1. The number of ether oxygens (including phenoxy) is 1. The van der Waals surface area contributed by atoms with Crippen molar-refractivity contribution < 1.29 is 22.7 Å². The minimum atomic E-state index is -4.48. The number of hydrogen-bond acceptors (Lipinski definition) is 3. The Morgan fingerprint density at radius 2 is 2.04 bits per heavy atom. The van der Waals surface area contributed by atoms with E-state index in [-0.39, 0.29) is 16.9 Å². The first kappa shape index (κ1) is 17.5. The zero-order chi connectivity index (χ0) is 19.2. The second-order valence-electron chi connectivity index (χ2n) is 6.60. The van der Waals surface area contributed by atoms with Crippen LogP contribution in [0, 0.1) is 0 Å². The molecule has 1 unspecified atom stereocenters. The molecule has 1 aromatic heterocycles. The summed E-state index contributed by atoms with van der Waals surface area (Å²) in [6.07, 6.45) is 2.74. The summed E-state index contributed by atoms with van der Waals surface area (Å²) in [5.74, 6) is -0.0299.